The quantitative estimate of drug-likeness (QED) is 0.631. The summed E-state index contributed by atoms with van der Waals surface area (Å²) in [6.45, 7) is 5.43. The van der Waals surface area contributed by atoms with Crippen LogP contribution >= 0.6 is 11.6 Å². The molecule has 4 heteroatoms. The monoisotopic (exact) mass is 224 g/mol. The number of hydrogen-bond acceptors (Lipinski definition) is 2. The van der Waals surface area contributed by atoms with E-state index in [0.29, 0.717) is 23.7 Å². The maximum atomic E-state index is 11.4. The first-order valence-electron chi connectivity index (χ1n) is 4.67. The van der Waals surface area contributed by atoms with Crippen molar-refractivity contribution in [2.75, 3.05) is 5.32 Å². The van der Waals surface area contributed by atoms with Gasteiger partial charge in [-0.25, -0.2) is 4.98 Å². The number of carbonyl (C=O) groups excluding carboxylic acids is 1. The largest absolute Gasteiger partial charge is 0.323 e. The van der Waals surface area contributed by atoms with Crippen molar-refractivity contribution in [3.63, 3.8) is 0 Å². The normalized spacial score (nSPS) is 9.73. The van der Waals surface area contributed by atoms with E-state index in [1.54, 1.807) is 18.3 Å². The fourth-order valence-corrected chi connectivity index (χ4v) is 1.36. The summed E-state index contributed by atoms with van der Waals surface area (Å²) in [6.07, 6.45) is 4.38. The van der Waals surface area contributed by atoms with E-state index in [1.165, 1.54) is 0 Å². The molecule has 0 unspecified atom stereocenters. The van der Waals surface area contributed by atoms with Gasteiger partial charge >= 0.3 is 0 Å². The number of allylic oxidation sites excluding steroid dienone is 1. The standard InChI is InChI=1S/C11H13ClN2O/c1-3-4-5-9(15)14-10-8(2)6-7-13-11(10)12/h3,6-7H,1,4-5H2,2H3,(H,14,15). The lowest BCUT2D eigenvalue weighted by atomic mass is 10.2. The van der Waals surface area contributed by atoms with E-state index in [-0.39, 0.29) is 5.91 Å². The molecule has 15 heavy (non-hydrogen) atoms. The third-order valence-corrected chi connectivity index (χ3v) is 2.24. The van der Waals surface area contributed by atoms with E-state index in [0.717, 1.165) is 5.56 Å². The number of pyridine rings is 1. The molecule has 0 aromatic carbocycles. The summed E-state index contributed by atoms with van der Waals surface area (Å²) in [4.78, 5) is 15.3. The van der Waals surface area contributed by atoms with Crippen molar-refractivity contribution in [3.05, 3.63) is 35.6 Å². The number of aromatic nitrogens is 1. The van der Waals surface area contributed by atoms with Gasteiger partial charge in [0.1, 0.15) is 0 Å². The number of aryl methyl sites for hydroxylation is 1. The number of nitrogens with one attached hydrogen (secondary N) is 1. The summed E-state index contributed by atoms with van der Waals surface area (Å²) in [5.74, 6) is -0.0760. The third kappa shape index (κ3) is 3.36. The highest BCUT2D eigenvalue weighted by molar-refractivity contribution is 6.32. The maximum absolute atomic E-state index is 11.4. The Hall–Kier alpha value is -1.35. The Morgan fingerprint density at radius 1 is 1.73 bits per heavy atom. The summed E-state index contributed by atoms with van der Waals surface area (Å²) in [7, 11) is 0. The van der Waals surface area contributed by atoms with Crippen molar-refractivity contribution in [3.8, 4) is 0 Å². The molecule has 1 rings (SSSR count). The minimum absolute atomic E-state index is 0.0760. The molecule has 0 fully saturated rings. The molecule has 0 aliphatic rings. The van der Waals surface area contributed by atoms with Crippen LogP contribution in [-0.2, 0) is 4.79 Å². The van der Waals surface area contributed by atoms with Gasteiger partial charge in [0.2, 0.25) is 5.91 Å². The zero-order valence-corrected chi connectivity index (χ0v) is 9.34. The first kappa shape index (κ1) is 11.7. The average molecular weight is 225 g/mol. The van der Waals surface area contributed by atoms with E-state index in [9.17, 15) is 4.79 Å². The van der Waals surface area contributed by atoms with Crippen LogP contribution in [0.2, 0.25) is 5.15 Å². The smallest absolute Gasteiger partial charge is 0.224 e. The molecule has 0 atom stereocenters. The highest BCUT2D eigenvalue weighted by atomic mass is 35.5. The summed E-state index contributed by atoms with van der Waals surface area (Å²) >= 11 is 5.86. The Bertz CT molecular complexity index is 357. The summed E-state index contributed by atoms with van der Waals surface area (Å²) in [5, 5.41) is 3.05. The van der Waals surface area contributed by atoms with Crippen molar-refractivity contribution >= 4 is 23.2 Å². The lowest BCUT2D eigenvalue weighted by molar-refractivity contribution is -0.116. The number of halogens is 1. The number of carbonyl (C=O) groups is 1. The second-order valence-corrected chi connectivity index (χ2v) is 3.53. The van der Waals surface area contributed by atoms with Crippen LogP contribution in [0, 0.1) is 6.92 Å². The number of hydrogen-bond donors (Lipinski definition) is 1. The molecule has 80 valence electrons. The van der Waals surface area contributed by atoms with Gasteiger partial charge in [-0.15, -0.1) is 6.58 Å². The highest BCUT2D eigenvalue weighted by Crippen LogP contribution is 2.22. The molecule has 0 radical (unpaired) electrons. The number of anilines is 1. The molecule has 1 heterocycles. The van der Waals surface area contributed by atoms with E-state index >= 15 is 0 Å². The summed E-state index contributed by atoms with van der Waals surface area (Å²) < 4.78 is 0. The topological polar surface area (TPSA) is 42.0 Å². The molecule has 0 saturated heterocycles. The predicted octanol–water partition coefficient (Wildman–Crippen LogP) is 2.95. The number of rotatable bonds is 4. The van der Waals surface area contributed by atoms with Gasteiger partial charge in [0.25, 0.3) is 0 Å². The van der Waals surface area contributed by atoms with Crippen molar-refractivity contribution < 1.29 is 4.79 Å². The van der Waals surface area contributed by atoms with Gasteiger partial charge in [0, 0.05) is 12.6 Å². The Morgan fingerprint density at radius 3 is 3.07 bits per heavy atom. The SMILES string of the molecule is C=CCCC(=O)Nc1c(C)ccnc1Cl. The van der Waals surface area contributed by atoms with Crippen molar-refractivity contribution in [2.24, 2.45) is 0 Å². The molecule has 3 nitrogen and oxygen atoms in total. The van der Waals surface area contributed by atoms with E-state index in [1.807, 2.05) is 6.92 Å². The fraction of sp³-hybridized carbons (Fsp3) is 0.273. The summed E-state index contributed by atoms with van der Waals surface area (Å²) in [6, 6.07) is 1.80. The molecule has 1 aromatic heterocycles. The lowest BCUT2D eigenvalue weighted by Crippen LogP contribution is -2.12. The van der Waals surface area contributed by atoms with Gasteiger partial charge in [0.15, 0.2) is 5.15 Å². The Morgan fingerprint density at radius 2 is 2.47 bits per heavy atom. The van der Waals surface area contributed by atoms with E-state index in [2.05, 4.69) is 16.9 Å². The summed E-state index contributed by atoms with van der Waals surface area (Å²) in [5.41, 5.74) is 1.50. The third-order valence-electron chi connectivity index (χ3n) is 1.95. The fourth-order valence-electron chi connectivity index (χ4n) is 1.11. The van der Waals surface area contributed by atoms with E-state index < -0.39 is 0 Å². The molecule has 0 aliphatic carbocycles. The van der Waals surface area contributed by atoms with Crippen LogP contribution < -0.4 is 5.32 Å². The van der Waals surface area contributed by atoms with Crippen LogP contribution in [0.1, 0.15) is 18.4 Å². The zero-order valence-electron chi connectivity index (χ0n) is 8.59. The minimum Gasteiger partial charge on any atom is -0.323 e. The lowest BCUT2D eigenvalue weighted by Gasteiger charge is -2.08. The Kier molecular flexibility index (Phi) is 4.31. The molecule has 1 aromatic rings. The molecule has 1 N–H and O–H groups in total. The van der Waals surface area contributed by atoms with Crippen LogP contribution in [0.25, 0.3) is 0 Å². The molecule has 0 bridgehead atoms. The predicted molar refractivity (Wildman–Crippen MR) is 62.0 cm³/mol. The highest BCUT2D eigenvalue weighted by Gasteiger charge is 2.08. The molecule has 0 aliphatic heterocycles. The van der Waals surface area contributed by atoms with Crippen molar-refractivity contribution in [2.45, 2.75) is 19.8 Å². The van der Waals surface area contributed by atoms with Crippen LogP contribution in [0.5, 0.6) is 0 Å². The molecular weight excluding hydrogens is 212 g/mol. The first-order valence-corrected chi connectivity index (χ1v) is 5.04. The second-order valence-electron chi connectivity index (χ2n) is 3.17. The van der Waals surface area contributed by atoms with Crippen LogP contribution in [0.4, 0.5) is 5.69 Å². The Balaban J connectivity index is 2.71. The zero-order chi connectivity index (χ0) is 11.3. The maximum Gasteiger partial charge on any atom is 0.224 e. The van der Waals surface area contributed by atoms with Gasteiger partial charge in [-0.1, -0.05) is 17.7 Å². The van der Waals surface area contributed by atoms with Crippen LogP contribution in [-0.4, -0.2) is 10.9 Å². The van der Waals surface area contributed by atoms with Gasteiger partial charge in [-0.05, 0) is 25.0 Å². The van der Waals surface area contributed by atoms with Gasteiger partial charge in [-0.3, -0.25) is 4.79 Å². The van der Waals surface area contributed by atoms with Crippen LogP contribution in [0.15, 0.2) is 24.9 Å². The van der Waals surface area contributed by atoms with Crippen molar-refractivity contribution in [1.82, 2.24) is 4.98 Å². The van der Waals surface area contributed by atoms with E-state index in [4.69, 9.17) is 11.6 Å². The molecular formula is C11H13ClN2O. The average Bonchev–Trinajstić information content (AvgIpc) is 2.21. The minimum atomic E-state index is -0.0760. The number of nitrogens with zero attached hydrogens (tertiary/aromatic N) is 1. The Labute approximate surface area is 94.2 Å². The first-order chi connectivity index (χ1) is 7.15. The molecule has 1 amide bonds. The van der Waals surface area contributed by atoms with Crippen LogP contribution in [0.3, 0.4) is 0 Å². The molecule has 0 spiro atoms. The number of amides is 1. The molecule has 0 saturated carbocycles. The van der Waals surface area contributed by atoms with Gasteiger partial charge in [-0.2, -0.15) is 0 Å². The van der Waals surface area contributed by atoms with Gasteiger partial charge in [0.05, 0.1) is 5.69 Å². The van der Waals surface area contributed by atoms with Gasteiger partial charge < -0.3 is 5.32 Å². The second kappa shape index (κ2) is 5.51. The van der Waals surface area contributed by atoms with Crippen molar-refractivity contribution in [1.29, 1.82) is 0 Å².